The highest BCUT2D eigenvalue weighted by atomic mass is 16.5. The predicted molar refractivity (Wildman–Crippen MR) is 143 cm³/mol. The van der Waals surface area contributed by atoms with Crippen molar-refractivity contribution in [1.29, 1.82) is 0 Å². The van der Waals surface area contributed by atoms with Gasteiger partial charge >= 0.3 is 0 Å². The van der Waals surface area contributed by atoms with Gasteiger partial charge in [0.05, 0.1) is 17.6 Å². The van der Waals surface area contributed by atoms with Crippen molar-refractivity contribution in [2.24, 2.45) is 5.92 Å². The van der Waals surface area contributed by atoms with Gasteiger partial charge in [0.25, 0.3) is 0 Å². The van der Waals surface area contributed by atoms with Crippen molar-refractivity contribution in [3.05, 3.63) is 95.8 Å². The van der Waals surface area contributed by atoms with E-state index in [0.717, 1.165) is 60.6 Å². The van der Waals surface area contributed by atoms with E-state index in [4.69, 9.17) is 9.72 Å². The average Bonchev–Trinajstić information content (AvgIpc) is 3.26. The first-order chi connectivity index (χ1) is 17.6. The Morgan fingerprint density at radius 3 is 2.47 bits per heavy atom. The van der Waals surface area contributed by atoms with Crippen LogP contribution in [-0.2, 0) is 24.5 Å². The van der Waals surface area contributed by atoms with E-state index in [2.05, 4.69) is 64.2 Å². The maximum atomic E-state index is 12.5. The van der Waals surface area contributed by atoms with Gasteiger partial charge in [-0.05, 0) is 68.6 Å². The number of piperidine rings is 1. The first kappa shape index (κ1) is 24.1. The zero-order valence-corrected chi connectivity index (χ0v) is 20.9. The number of aromatic nitrogens is 2. The zero-order valence-electron chi connectivity index (χ0n) is 20.9. The Labute approximate surface area is 212 Å². The topological polar surface area (TPSA) is 59.4 Å². The summed E-state index contributed by atoms with van der Waals surface area (Å²) in [6.45, 7) is 6.34. The molecule has 1 fully saturated rings. The van der Waals surface area contributed by atoms with E-state index >= 15 is 0 Å². The molecule has 0 atom stereocenters. The summed E-state index contributed by atoms with van der Waals surface area (Å²) in [6, 6.07) is 26.5. The molecule has 1 saturated heterocycles. The van der Waals surface area contributed by atoms with Gasteiger partial charge in [0.1, 0.15) is 18.2 Å². The highest BCUT2D eigenvalue weighted by Crippen LogP contribution is 2.24. The number of nitrogens with zero attached hydrogens (tertiary/aromatic N) is 3. The molecule has 0 radical (unpaired) electrons. The molecular weight excluding hydrogens is 448 g/mol. The number of likely N-dealkylation sites (tertiary alicyclic amines) is 1. The number of hydrogen-bond acceptors (Lipinski definition) is 4. The molecule has 0 bridgehead atoms. The molecule has 0 aliphatic carbocycles. The Hall–Kier alpha value is -3.64. The number of para-hydroxylation sites is 3. The molecular formula is C30H34N4O2. The van der Waals surface area contributed by atoms with Crippen molar-refractivity contribution < 1.29 is 9.53 Å². The fourth-order valence-corrected chi connectivity index (χ4v) is 4.85. The average molecular weight is 483 g/mol. The molecule has 0 unspecified atom stereocenters. The van der Waals surface area contributed by atoms with Crippen molar-refractivity contribution >= 4 is 16.9 Å². The molecule has 1 N–H and O–H groups in total. The zero-order chi connectivity index (χ0) is 24.7. The molecule has 2 heterocycles. The lowest BCUT2D eigenvalue weighted by Gasteiger charge is -2.32. The molecule has 6 nitrogen and oxygen atoms in total. The number of nitrogens with one attached hydrogen (secondary N) is 1. The van der Waals surface area contributed by atoms with Crippen LogP contribution < -0.4 is 10.1 Å². The standard InChI is InChI=1S/C30H34N4O2/c1-23-11-13-24(14-12-23)19-31-30(35)21-33-17-15-25(16-18-33)20-34-28-10-6-5-9-27(28)32-29(34)22-36-26-7-3-2-4-8-26/h2-14,25H,15-22H2,1H3,(H,31,35). The van der Waals surface area contributed by atoms with Crippen LogP contribution in [0.25, 0.3) is 11.0 Å². The van der Waals surface area contributed by atoms with E-state index in [-0.39, 0.29) is 5.91 Å². The minimum atomic E-state index is 0.0926. The number of amides is 1. The van der Waals surface area contributed by atoms with Gasteiger partial charge in [-0.1, -0.05) is 60.2 Å². The Kier molecular flexibility index (Phi) is 7.62. The highest BCUT2D eigenvalue weighted by Gasteiger charge is 2.23. The molecule has 4 aromatic rings. The van der Waals surface area contributed by atoms with Crippen LogP contribution in [0.15, 0.2) is 78.9 Å². The van der Waals surface area contributed by atoms with Gasteiger partial charge in [0, 0.05) is 13.1 Å². The Balaban J connectivity index is 1.15. The second-order valence-corrected chi connectivity index (χ2v) is 9.71. The van der Waals surface area contributed by atoms with Gasteiger partial charge in [0.2, 0.25) is 5.91 Å². The first-order valence-electron chi connectivity index (χ1n) is 12.8. The number of carbonyl (C=O) groups excluding carboxylic acids is 1. The van der Waals surface area contributed by atoms with Crippen LogP contribution in [0.5, 0.6) is 5.75 Å². The van der Waals surface area contributed by atoms with Gasteiger partial charge in [-0.15, -0.1) is 0 Å². The van der Waals surface area contributed by atoms with E-state index < -0.39 is 0 Å². The van der Waals surface area contributed by atoms with Crippen LogP contribution in [0.1, 0.15) is 29.8 Å². The number of aryl methyl sites for hydroxylation is 1. The van der Waals surface area contributed by atoms with Crippen molar-refractivity contribution in [3.63, 3.8) is 0 Å². The van der Waals surface area contributed by atoms with E-state index in [1.54, 1.807) is 0 Å². The smallest absolute Gasteiger partial charge is 0.234 e. The molecule has 1 aliphatic heterocycles. The van der Waals surface area contributed by atoms with E-state index in [0.29, 0.717) is 25.6 Å². The predicted octanol–water partition coefficient (Wildman–Crippen LogP) is 4.95. The Morgan fingerprint density at radius 1 is 0.972 bits per heavy atom. The number of carbonyl (C=O) groups is 1. The lowest BCUT2D eigenvalue weighted by atomic mass is 9.96. The number of ether oxygens (including phenoxy) is 1. The molecule has 3 aromatic carbocycles. The third-order valence-electron chi connectivity index (χ3n) is 6.97. The number of fused-ring (bicyclic) bond motifs is 1. The maximum Gasteiger partial charge on any atom is 0.234 e. The highest BCUT2D eigenvalue weighted by molar-refractivity contribution is 5.78. The summed E-state index contributed by atoms with van der Waals surface area (Å²) in [6.07, 6.45) is 2.13. The second kappa shape index (κ2) is 11.4. The molecule has 1 aromatic heterocycles. The molecule has 6 heteroatoms. The Bertz CT molecular complexity index is 1280. The van der Waals surface area contributed by atoms with Crippen molar-refractivity contribution in [2.75, 3.05) is 19.6 Å². The van der Waals surface area contributed by atoms with Crippen LogP contribution in [0.4, 0.5) is 0 Å². The van der Waals surface area contributed by atoms with E-state index in [9.17, 15) is 4.79 Å². The van der Waals surface area contributed by atoms with Crippen molar-refractivity contribution in [1.82, 2.24) is 19.8 Å². The fourth-order valence-electron chi connectivity index (χ4n) is 4.85. The number of hydrogen-bond donors (Lipinski definition) is 1. The minimum absolute atomic E-state index is 0.0926. The van der Waals surface area contributed by atoms with Crippen LogP contribution >= 0.6 is 0 Å². The summed E-state index contributed by atoms with van der Waals surface area (Å²) in [7, 11) is 0. The minimum Gasteiger partial charge on any atom is -0.486 e. The monoisotopic (exact) mass is 482 g/mol. The van der Waals surface area contributed by atoms with E-state index in [1.807, 2.05) is 36.4 Å². The lowest BCUT2D eigenvalue weighted by molar-refractivity contribution is -0.122. The quantitative estimate of drug-likeness (QED) is 0.367. The van der Waals surface area contributed by atoms with Gasteiger partial charge in [-0.25, -0.2) is 4.98 Å². The summed E-state index contributed by atoms with van der Waals surface area (Å²) >= 11 is 0. The largest absolute Gasteiger partial charge is 0.486 e. The van der Waals surface area contributed by atoms with Crippen LogP contribution in [0, 0.1) is 12.8 Å². The van der Waals surface area contributed by atoms with Crippen LogP contribution in [-0.4, -0.2) is 40.0 Å². The molecule has 36 heavy (non-hydrogen) atoms. The normalized spacial score (nSPS) is 14.7. The second-order valence-electron chi connectivity index (χ2n) is 9.71. The summed E-state index contributed by atoms with van der Waals surface area (Å²) in [5.74, 6) is 2.45. The maximum absolute atomic E-state index is 12.5. The number of imidazole rings is 1. The molecule has 186 valence electrons. The van der Waals surface area contributed by atoms with Crippen molar-refractivity contribution in [2.45, 2.75) is 39.5 Å². The van der Waals surface area contributed by atoms with Gasteiger partial charge in [0.15, 0.2) is 0 Å². The van der Waals surface area contributed by atoms with Crippen molar-refractivity contribution in [3.8, 4) is 5.75 Å². The fraction of sp³-hybridized carbons (Fsp3) is 0.333. The number of rotatable bonds is 9. The molecule has 1 aliphatic rings. The Morgan fingerprint density at radius 2 is 1.69 bits per heavy atom. The van der Waals surface area contributed by atoms with E-state index in [1.165, 1.54) is 5.56 Å². The van der Waals surface area contributed by atoms with Crippen LogP contribution in [0.3, 0.4) is 0 Å². The summed E-state index contributed by atoms with van der Waals surface area (Å²) in [5.41, 5.74) is 4.52. The summed E-state index contributed by atoms with van der Waals surface area (Å²) in [5, 5.41) is 3.06. The summed E-state index contributed by atoms with van der Waals surface area (Å²) in [4.78, 5) is 19.6. The lowest BCUT2D eigenvalue weighted by Crippen LogP contribution is -2.42. The molecule has 0 saturated carbocycles. The molecule has 1 amide bonds. The van der Waals surface area contributed by atoms with Gasteiger partial charge in [-0.3, -0.25) is 9.69 Å². The number of benzene rings is 3. The molecule has 0 spiro atoms. The van der Waals surface area contributed by atoms with Gasteiger partial charge < -0.3 is 14.6 Å². The van der Waals surface area contributed by atoms with Gasteiger partial charge in [-0.2, -0.15) is 0 Å². The SMILES string of the molecule is Cc1ccc(CNC(=O)CN2CCC(Cn3c(COc4ccccc4)nc4ccccc43)CC2)cc1. The summed E-state index contributed by atoms with van der Waals surface area (Å²) < 4.78 is 8.36. The third-order valence-corrected chi connectivity index (χ3v) is 6.97. The molecule has 5 rings (SSSR count). The van der Waals surface area contributed by atoms with Crippen LogP contribution in [0.2, 0.25) is 0 Å². The third kappa shape index (κ3) is 6.13. The first-order valence-corrected chi connectivity index (χ1v) is 12.8.